The number of aromatic nitrogens is 4. The molecule has 0 unspecified atom stereocenters. The summed E-state index contributed by atoms with van der Waals surface area (Å²) >= 11 is 0. The van der Waals surface area contributed by atoms with E-state index in [0.29, 0.717) is 23.0 Å². The quantitative estimate of drug-likeness (QED) is 0.657. The highest BCUT2D eigenvalue weighted by Crippen LogP contribution is 2.29. The van der Waals surface area contributed by atoms with E-state index in [1.807, 2.05) is 0 Å². The Balaban J connectivity index is 1.70. The van der Waals surface area contributed by atoms with Gasteiger partial charge in [0.05, 0.1) is 47.6 Å². The lowest BCUT2D eigenvalue weighted by molar-refractivity contribution is -0.137. The number of rotatable bonds is 3. The third kappa shape index (κ3) is 3.41. The van der Waals surface area contributed by atoms with Crippen LogP contribution in [0.15, 0.2) is 41.5 Å². The minimum absolute atomic E-state index is 0.0238. The number of sulfone groups is 1. The summed E-state index contributed by atoms with van der Waals surface area (Å²) in [4.78, 5) is 16.1. The summed E-state index contributed by atoms with van der Waals surface area (Å²) in [7, 11) is -3.11. The fourth-order valence-corrected chi connectivity index (χ4v) is 5.07. The molecule has 1 fully saturated rings. The van der Waals surface area contributed by atoms with E-state index in [9.17, 15) is 26.4 Å². The number of alkyl halides is 3. The average molecular weight is 412 g/mol. The van der Waals surface area contributed by atoms with Crippen molar-refractivity contribution < 1.29 is 21.6 Å². The monoisotopic (exact) mass is 412 g/mol. The molecule has 1 aliphatic heterocycles. The van der Waals surface area contributed by atoms with Crippen molar-refractivity contribution >= 4 is 20.9 Å². The summed E-state index contributed by atoms with van der Waals surface area (Å²) in [5.41, 5.74) is 0.125. The largest absolute Gasteiger partial charge is 0.416 e. The second-order valence-corrected chi connectivity index (χ2v) is 8.97. The molecule has 0 spiro atoms. The highest BCUT2D eigenvalue weighted by atomic mass is 32.2. The number of halogens is 3. The molecular weight excluding hydrogens is 397 g/mol. The lowest BCUT2D eigenvalue weighted by Gasteiger charge is -2.12. The van der Waals surface area contributed by atoms with Crippen LogP contribution < -0.4 is 5.69 Å². The minimum Gasteiger partial charge on any atom is -0.284 e. The lowest BCUT2D eigenvalue weighted by Crippen LogP contribution is -2.23. The Bertz CT molecular complexity index is 1200. The third-order valence-corrected chi connectivity index (χ3v) is 6.56. The molecule has 3 heterocycles. The van der Waals surface area contributed by atoms with Gasteiger partial charge in [-0.2, -0.15) is 23.3 Å². The molecular formula is C17H15F3N4O3S. The van der Waals surface area contributed by atoms with Crippen LogP contribution in [-0.2, 0) is 22.6 Å². The molecule has 28 heavy (non-hydrogen) atoms. The summed E-state index contributed by atoms with van der Waals surface area (Å²) < 4.78 is 64.5. The molecule has 1 aliphatic rings. The summed E-state index contributed by atoms with van der Waals surface area (Å²) in [5, 5.41) is 4.24. The van der Waals surface area contributed by atoms with Gasteiger partial charge < -0.3 is 0 Å². The standard InChI is InChI=1S/C17H15F3N4O3S/c18-17(19,20)12-3-1-11(2-4-12)9-23-14-8-22-24(15(14)7-21-16(23)25)13-5-6-28(26,27)10-13/h1-4,7-8,13H,5-6,9-10H2/t13-/m1/s1. The van der Waals surface area contributed by atoms with Gasteiger partial charge in [0.1, 0.15) is 5.52 Å². The van der Waals surface area contributed by atoms with Crippen LogP contribution in [0.5, 0.6) is 0 Å². The van der Waals surface area contributed by atoms with E-state index in [0.717, 1.165) is 12.1 Å². The second-order valence-electron chi connectivity index (χ2n) is 6.74. The molecule has 2 aromatic heterocycles. The number of hydrogen-bond acceptors (Lipinski definition) is 5. The molecule has 1 aromatic carbocycles. The van der Waals surface area contributed by atoms with Crippen LogP contribution in [0.3, 0.4) is 0 Å². The molecule has 11 heteroatoms. The van der Waals surface area contributed by atoms with E-state index in [4.69, 9.17) is 0 Å². The predicted molar refractivity (Wildman–Crippen MR) is 94.6 cm³/mol. The zero-order valence-electron chi connectivity index (χ0n) is 14.4. The molecule has 0 aliphatic carbocycles. The van der Waals surface area contributed by atoms with Crippen molar-refractivity contribution in [1.29, 1.82) is 0 Å². The number of hydrogen-bond donors (Lipinski definition) is 0. The Morgan fingerprint density at radius 1 is 1.11 bits per heavy atom. The van der Waals surface area contributed by atoms with Crippen LogP contribution in [0, 0.1) is 0 Å². The molecule has 0 amide bonds. The third-order valence-electron chi connectivity index (χ3n) is 4.81. The Labute approximate surface area is 157 Å². The van der Waals surface area contributed by atoms with E-state index >= 15 is 0 Å². The van der Waals surface area contributed by atoms with Gasteiger partial charge in [0.25, 0.3) is 0 Å². The minimum atomic E-state index is -4.43. The van der Waals surface area contributed by atoms with Crippen molar-refractivity contribution in [3.8, 4) is 0 Å². The first-order chi connectivity index (χ1) is 13.1. The average Bonchev–Trinajstić information content (AvgIpc) is 3.20. The Kier molecular flexibility index (Phi) is 4.29. The lowest BCUT2D eigenvalue weighted by atomic mass is 10.1. The van der Waals surface area contributed by atoms with Crippen molar-refractivity contribution in [1.82, 2.24) is 19.3 Å². The molecule has 148 valence electrons. The Morgan fingerprint density at radius 2 is 1.82 bits per heavy atom. The van der Waals surface area contributed by atoms with Crippen molar-refractivity contribution in [2.75, 3.05) is 11.5 Å². The smallest absolute Gasteiger partial charge is 0.284 e. The van der Waals surface area contributed by atoms with Crippen molar-refractivity contribution in [2.45, 2.75) is 25.2 Å². The predicted octanol–water partition coefficient (Wildman–Crippen LogP) is 2.02. The maximum Gasteiger partial charge on any atom is 0.416 e. The summed E-state index contributed by atoms with van der Waals surface area (Å²) in [6.07, 6.45) is -1.21. The van der Waals surface area contributed by atoms with Crippen LogP contribution in [0.1, 0.15) is 23.6 Å². The van der Waals surface area contributed by atoms with Crippen LogP contribution in [0.2, 0.25) is 0 Å². The van der Waals surface area contributed by atoms with Crippen LogP contribution in [0.25, 0.3) is 11.0 Å². The maximum absolute atomic E-state index is 12.7. The van der Waals surface area contributed by atoms with Gasteiger partial charge in [-0.05, 0) is 24.1 Å². The van der Waals surface area contributed by atoms with E-state index in [-0.39, 0.29) is 24.1 Å². The summed E-state index contributed by atoms with van der Waals surface area (Å²) in [5.74, 6) is 0.0550. The van der Waals surface area contributed by atoms with Gasteiger partial charge in [0.2, 0.25) is 0 Å². The van der Waals surface area contributed by atoms with Gasteiger partial charge >= 0.3 is 11.9 Å². The number of benzene rings is 1. The molecule has 0 radical (unpaired) electrons. The van der Waals surface area contributed by atoms with Crippen molar-refractivity contribution in [3.63, 3.8) is 0 Å². The molecule has 7 nitrogen and oxygen atoms in total. The Hall–Kier alpha value is -2.69. The molecule has 0 saturated carbocycles. The summed E-state index contributed by atoms with van der Waals surface area (Å²) in [6, 6.07) is 4.20. The Morgan fingerprint density at radius 3 is 2.43 bits per heavy atom. The number of fused-ring (bicyclic) bond motifs is 1. The van der Waals surface area contributed by atoms with E-state index < -0.39 is 27.3 Å². The van der Waals surface area contributed by atoms with E-state index in [1.165, 1.54) is 29.1 Å². The molecule has 0 N–H and O–H groups in total. The highest BCUT2D eigenvalue weighted by Gasteiger charge is 2.31. The molecule has 0 bridgehead atoms. The fourth-order valence-electron chi connectivity index (χ4n) is 3.38. The molecule has 1 atom stereocenters. The fraction of sp³-hybridized carbons (Fsp3) is 0.353. The second kappa shape index (κ2) is 6.43. The van der Waals surface area contributed by atoms with Gasteiger partial charge in [0, 0.05) is 0 Å². The summed E-state index contributed by atoms with van der Waals surface area (Å²) in [6.45, 7) is 0.0238. The van der Waals surface area contributed by atoms with E-state index in [2.05, 4.69) is 10.1 Å². The van der Waals surface area contributed by atoms with Crippen molar-refractivity contribution in [3.05, 3.63) is 58.3 Å². The van der Waals surface area contributed by atoms with Gasteiger partial charge in [-0.25, -0.2) is 13.2 Å². The topological polar surface area (TPSA) is 86.8 Å². The van der Waals surface area contributed by atoms with E-state index in [1.54, 1.807) is 4.68 Å². The first kappa shape index (κ1) is 18.7. The SMILES string of the molecule is O=c1ncc2c(cnn2[C@@H]2CCS(=O)(=O)C2)n1Cc1ccc(C(F)(F)F)cc1. The maximum atomic E-state index is 12.7. The number of nitrogens with zero attached hydrogens (tertiary/aromatic N) is 4. The van der Waals surface area contributed by atoms with Crippen LogP contribution >= 0.6 is 0 Å². The first-order valence-corrected chi connectivity index (χ1v) is 10.3. The molecule has 4 rings (SSSR count). The van der Waals surface area contributed by atoms with Gasteiger partial charge in [-0.3, -0.25) is 9.25 Å². The van der Waals surface area contributed by atoms with Gasteiger partial charge in [-0.1, -0.05) is 12.1 Å². The molecule has 1 saturated heterocycles. The van der Waals surface area contributed by atoms with Gasteiger partial charge in [-0.15, -0.1) is 0 Å². The molecule has 3 aromatic rings. The van der Waals surface area contributed by atoms with Crippen LogP contribution in [0.4, 0.5) is 13.2 Å². The first-order valence-electron chi connectivity index (χ1n) is 8.44. The van der Waals surface area contributed by atoms with Gasteiger partial charge in [0.15, 0.2) is 9.84 Å². The van der Waals surface area contributed by atoms with Crippen molar-refractivity contribution in [2.24, 2.45) is 0 Å². The highest BCUT2D eigenvalue weighted by molar-refractivity contribution is 7.91. The zero-order chi connectivity index (χ0) is 20.1. The zero-order valence-corrected chi connectivity index (χ0v) is 15.2. The van der Waals surface area contributed by atoms with Crippen LogP contribution in [-0.4, -0.2) is 39.3 Å². The normalized spacial score (nSPS) is 19.3.